The van der Waals surface area contributed by atoms with E-state index in [4.69, 9.17) is 0 Å². The lowest BCUT2D eigenvalue weighted by Gasteiger charge is -2.11. The summed E-state index contributed by atoms with van der Waals surface area (Å²) in [6, 6.07) is 0. The predicted octanol–water partition coefficient (Wildman–Crippen LogP) is 3.97. The predicted molar refractivity (Wildman–Crippen MR) is 61.1 cm³/mol. The Morgan fingerprint density at radius 1 is 1.38 bits per heavy atom. The van der Waals surface area contributed by atoms with E-state index in [1.54, 1.807) is 0 Å². The topological polar surface area (TPSA) is 12.4 Å². The molecule has 0 radical (unpaired) electrons. The first-order chi connectivity index (χ1) is 5.99. The Morgan fingerprint density at radius 2 is 1.92 bits per heavy atom. The van der Waals surface area contributed by atoms with Crippen LogP contribution in [0.2, 0.25) is 0 Å². The summed E-state index contributed by atoms with van der Waals surface area (Å²) >= 11 is 0. The maximum atomic E-state index is 4.29. The average Bonchev–Trinajstić information content (AvgIpc) is 1.99. The minimum Gasteiger partial charge on any atom is -0.266 e. The van der Waals surface area contributed by atoms with Crippen LogP contribution >= 0.6 is 0 Å². The van der Waals surface area contributed by atoms with Crippen LogP contribution in [0.4, 0.5) is 0 Å². The van der Waals surface area contributed by atoms with Gasteiger partial charge in [-0.05, 0) is 38.7 Å². The third kappa shape index (κ3) is 4.66. The monoisotopic (exact) mass is 179 g/mol. The van der Waals surface area contributed by atoms with Crippen molar-refractivity contribution in [2.24, 2.45) is 10.9 Å². The first-order valence-corrected chi connectivity index (χ1v) is 4.83. The molecule has 0 saturated carbocycles. The number of aliphatic imine (C=N–C) groups is 1. The van der Waals surface area contributed by atoms with Gasteiger partial charge in [0.05, 0.1) is 0 Å². The Morgan fingerprint density at radius 3 is 2.23 bits per heavy atom. The summed E-state index contributed by atoms with van der Waals surface area (Å²) < 4.78 is 0. The molecule has 0 aliphatic heterocycles. The fourth-order valence-corrected chi connectivity index (χ4v) is 1.31. The molecule has 0 spiro atoms. The minimum absolute atomic E-state index is 0.661. The third-order valence-corrected chi connectivity index (χ3v) is 1.89. The van der Waals surface area contributed by atoms with E-state index in [2.05, 4.69) is 25.4 Å². The molecular weight excluding hydrogens is 158 g/mol. The molecule has 0 fully saturated rings. The number of hydrogen-bond donors (Lipinski definition) is 0. The average molecular weight is 179 g/mol. The molecule has 13 heavy (non-hydrogen) atoms. The number of allylic oxidation sites excluding steroid dienone is 3. The van der Waals surface area contributed by atoms with Gasteiger partial charge in [-0.3, -0.25) is 4.99 Å². The Balaban J connectivity index is 4.77. The Kier molecular flexibility index (Phi) is 5.36. The first kappa shape index (κ1) is 12.2. The molecule has 0 N–H and O–H groups in total. The van der Waals surface area contributed by atoms with Crippen LogP contribution in [0.25, 0.3) is 0 Å². The summed E-state index contributed by atoms with van der Waals surface area (Å²) in [5.41, 5.74) is 3.54. The lowest BCUT2D eigenvalue weighted by molar-refractivity contribution is 0.641. The highest BCUT2D eigenvalue weighted by molar-refractivity contribution is 5.56. The van der Waals surface area contributed by atoms with Crippen molar-refractivity contribution < 1.29 is 0 Å². The lowest BCUT2D eigenvalue weighted by Crippen LogP contribution is -1.95. The summed E-state index contributed by atoms with van der Waals surface area (Å²) in [5, 5.41) is 0. The molecule has 0 rings (SSSR count). The van der Waals surface area contributed by atoms with Crippen molar-refractivity contribution in [1.29, 1.82) is 0 Å². The summed E-state index contributed by atoms with van der Waals surface area (Å²) in [6.45, 7) is 14.4. The summed E-state index contributed by atoms with van der Waals surface area (Å²) in [7, 11) is 0. The van der Waals surface area contributed by atoms with E-state index in [9.17, 15) is 0 Å². The minimum atomic E-state index is 0.661. The van der Waals surface area contributed by atoms with E-state index in [1.165, 1.54) is 5.57 Å². The van der Waals surface area contributed by atoms with Crippen molar-refractivity contribution >= 4 is 6.21 Å². The zero-order valence-electron chi connectivity index (χ0n) is 9.52. The fourth-order valence-electron chi connectivity index (χ4n) is 1.31. The van der Waals surface area contributed by atoms with Gasteiger partial charge in [0.15, 0.2) is 0 Å². The zero-order valence-corrected chi connectivity index (χ0v) is 9.52. The molecule has 74 valence electrons. The van der Waals surface area contributed by atoms with Gasteiger partial charge in [-0.25, -0.2) is 0 Å². The van der Waals surface area contributed by atoms with Crippen LogP contribution in [0.3, 0.4) is 0 Å². The number of rotatable bonds is 4. The van der Waals surface area contributed by atoms with E-state index in [0.717, 1.165) is 17.7 Å². The van der Waals surface area contributed by atoms with Crippen LogP contribution in [0, 0.1) is 5.92 Å². The molecule has 1 heteroatoms. The van der Waals surface area contributed by atoms with Crippen LogP contribution in [0.15, 0.2) is 28.4 Å². The Hall–Kier alpha value is -0.850. The van der Waals surface area contributed by atoms with Crippen molar-refractivity contribution in [2.75, 3.05) is 0 Å². The normalized spacial score (nSPS) is 13.7. The quantitative estimate of drug-likeness (QED) is 0.457. The Labute approximate surface area is 82.3 Å². The summed E-state index contributed by atoms with van der Waals surface area (Å²) in [4.78, 5) is 4.29. The van der Waals surface area contributed by atoms with Gasteiger partial charge >= 0.3 is 0 Å². The van der Waals surface area contributed by atoms with Gasteiger partial charge in [0, 0.05) is 11.9 Å². The van der Waals surface area contributed by atoms with E-state index < -0.39 is 0 Å². The van der Waals surface area contributed by atoms with Gasteiger partial charge in [0.1, 0.15) is 0 Å². The van der Waals surface area contributed by atoms with Crippen LogP contribution in [-0.4, -0.2) is 6.21 Å². The summed E-state index contributed by atoms with van der Waals surface area (Å²) in [6.07, 6.45) is 2.90. The summed E-state index contributed by atoms with van der Waals surface area (Å²) in [5.74, 6) is 0.661. The molecule has 0 heterocycles. The smallest absolute Gasteiger partial charge is 0.0403 e. The van der Waals surface area contributed by atoms with Crippen LogP contribution in [0.1, 0.15) is 41.0 Å². The highest BCUT2D eigenvalue weighted by Gasteiger charge is 2.05. The van der Waals surface area contributed by atoms with Gasteiger partial charge in [0.25, 0.3) is 0 Å². The zero-order chi connectivity index (χ0) is 10.4. The highest BCUT2D eigenvalue weighted by atomic mass is 14.7. The van der Waals surface area contributed by atoms with Gasteiger partial charge in [-0.15, -0.1) is 0 Å². The largest absolute Gasteiger partial charge is 0.266 e. The van der Waals surface area contributed by atoms with Crippen molar-refractivity contribution in [3.63, 3.8) is 0 Å². The van der Waals surface area contributed by atoms with E-state index >= 15 is 0 Å². The highest BCUT2D eigenvalue weighted by Crippen LogP contribution is 2.21. The molecule has 0 aliphatic carbocycles. The van der Waals surface area contributed by atoms with Gasteiger partial charge in [-0.2, -0.15) is 0 Å². The first-order valence-electron chi connectivity index (χ1n) is 4.83. The lowest BCUT2D eigenvalue weighted by atomic mass is 9.97. The van der Waals surface area contributed by atoms with Crippen LogP contribution < -0.4 is 0 Å². The van der Waals surface area contributed by atoms with Crippen molar-refractivity contribution in [2.45, 2.75) is 41.0 Å². The standard InChI is InChI=1S/C12H21N/c1-7-13-11(6)12(10(4)5)8-9(2)3/h7,9H,4,8H2,1-3,5-6H3/b12-11-,13-7?. The number of hydrogen-bond acceptors (Lipinski definition) is 1. The van der Waals surface area contributed by atoms with Crippen LogP contribution in [-0.2, 0) is 0 Å². The van der Waals surface area contributed by atoms with Gasteiger partial charge in [0.2, 0.25) is 0 Å². The van der Waals surface area contributed by atoms with Crippen molar-refractivity contribution in [3.05, 3.63) is 23.4 Å². The molecule has 0 bridgehead atoms. The molecule has 0 unspecified atom stereocenters. The molecule has 0 aliphatic rings. The molecule has 1 nitrogen and oxygen atoms in total. The fraction of sp³-hybridized carbons (Fsp3) is 0.583. The molecule has 0 amide bonds. The van der Waals surface area contributed by atoms with Crippen molar-refractivity contribution in [3.8, 4) is 0 Å². The second-order valence-electron chi connectivity index (χ2n) is 3.83. The van der Waals surface area contributed by atoms with Crippen LogP contribution in [0.5, 0.6) is 0 Å². The molecule has 0 atom stereocenters. The van der Waals surface area contributed by atoms with E-state index in [0.29, 0.717) is 5.92 Å². The maximum Gasteiger partial charge on any atom is 0.0403 e. The molecular formula is C12H21N. The maximum absolute atomic E-state index is 4.29. The second-order valence-corrected chi connectivity index (χ2v) is 3.83. The van der Waals surface area contributed by atoms with E-state index in [-0.39, 0.29) is 0 Å². The van der Waals surface area contributed by atoms with Gasteiger partial charge in [-0.1, -0.05) is 26.0 Å². The molecule has 0 saturated heterocycles. The number of nitrogens with zero attached hydrogens (tertiary/aromatic N) is 1. The molecule has 0 aromatic carbocycles. The third-order valence-electron chi connectivity index (χ3n) is 1.89. The Bertz CT molecular complexity index is 232. The van der Waals surface area contributed by atoms with E-state index in [1.807, 2.05) is 27.0 Å². The second kappa shape index (κ2) is 5.74. The van der Waals surface area contributed by atoms with Gasteiger partial charge < -0.3 is 0 Å². The molecule has 0 aromatic heterocycles. The molecule has 0 aromatic rings. The SMILES string of the molecule is C=C(C)/C(CC(C)C)=C(/C)N=CC. The van der Waals surface area contributed by atoms with Crippen molar-refractivity contribution in [1.82, 2.24) is 0 Å².